The Labute approximate surface area is 229 Å². The van der Waals surface area contributed by atoms with Crippen molar-refractivity contribution in [2.75, 3.05) is 19.1 Å². The highest BCUT2D eigenvalue weighted by atomic mass is 35.5. The average Bonchev–Trinajstić information content (AvgIpc) is 3.60. The van der Waals surface area contributed by atoms with Crippen LogP contribution in [0, 0.1) is 0 Å². The molecule has 10 nitrogen and oxygen atoms in total. The summed E-state index contributed by atoms with van der Waals surface area (Å²) in [7, 11) is 4.95. The summed E-state index contributed by atoms with van der Waals surface area (Å²) in [6.45, 7) is 4.13. The summed E-state index contributed by atoms with van der Waals surface area (Å²) in [5.41, 5.74) is 4.74. The van der Waals surface area contributed by atoms with Crippen molar-refractivity contribution in [2.45, 2.75) is 25.9 Å². The fraction of sp³-hybridized carbons (Fsp3) is 0.250. The van der Waals surface area contributed by atoms with Gasteiger partial charge in [0.15, 0.2) is 17.0 Å². The van der Waals surface area contributed by atoms with E-state index in [2.05, 4.69) is 33.7 Å². The second kappa shape index (κ2) is 9.39. The van der Waals surface area contributed by atoms with Crippen molar-refractivity contribution in [1.29, 1.82) is 0 Å². The second-order valence-corrected chi connectivity index (χ2v) is 9.99. The number of methoxy groups -OCH3 is 2. The lowest BCUT2D eigenvalue weighted by Gasteiger charge is -2.29. The molecule has 0 bridgehead atoms. The molecule has 0 aliphatic carbocycles. The predicted octanol–water partition coefficient (Wildman–Crippen LogP) is 5.23. The highest BCUT2D eigenvalue weighted by Gasteiger charge is 2.45. The molecule has 0 radical (unpaired) electrons. The van der Waals surface area contributed by atoms with Gasteiger partial charge in [0.05, 0.1) is 36.7 Å². The second-order valence-electron chi connectivity index (χ2n) is 9.55. The molecule has 1 aliphatic heterocycles. The quantitative estimate of drug-likeness (QED) is 0.289. The lowest BCUT2D eigenvalue weighted by Crippen LogP contribution is -2.30. The molecule has 1 unspecified atom stereocenters. The summed E-state index contributed by atoms with van der Waals surface area (Å²) >= 11 is 6.26. The Bertz CT molecular complexity index is 1730. The molecule has 6 rings (SSSR count). The number of fused-ring (bicyclic) bond motifs is 2. The summed E-state index contributed by atoms with van der Waals surface area (Å²) in [6, 6.07) is 14.5. The predicted molar refractivity (Wildman–Crippen MR) is 148 cm³/mol. The van der Waals surface area contributed by atoms with Crippen molar-refractivity contribution in [3.05, 3.63) is 76.7 Å². The lowest BCUT2D eigenvalue weighted by molar-refractivity contribution is 0.0989. The maximum absolute atomic E-state index is 14.3. The Hall–Kier alpha value is -4.44. The first-order valence-electron chi connectivity index (χ1n) is 12.4. The number of ether oxygens (including phenoxy) is 2. The number of carbonyl (C=O) groups excluding carboxylic acids is 1. The van der Waals surface area contributed by atoms with Crippen LogP contribution >= 0.6 is 11.6 Å². The van der Waals surface area contributed by atoms with Gasteiger partial charge in [-0.1, -0.05) is 28.9 Å². The van der Waals surface area contributed by atoms with E-state index in [-0.39, 0.29) is 11.9 Å². The fourth-order valence-electron chi connectivity index (χ4n) is 5.25. The number of pyridine rings is 1. The van der Waals surface area contributed by atoms with Crippen LogP contribution in [0.1, 0.15) is 47.7 Å². The van der Waals surface area contributed by atoms with Gasteiger partial charge >= 0.3 is 0 Å². The standard InChI is InChI=1S/C28H26ClN7O3/c1-15(2)35-25-23(31-26(35)19-7-6-12-30-27(19)39-5)28(37)36(24(25)16-8-10-17(29)11-9-16)18-13-20-22(21(14-18)38-4)32-33-34(20)3/h6-15,24H,1-5H3. The van der Waals surface area contributed by atoms with Crippen LogP contribution in [-0.2, 0) is 7.05 Å². The van der Waals surface area contributed by atoms with E-state index in [0.717, 1.165) is 16.8 Å². The third-order valence-electron chi connectivity index (χ3n) is 6.96. The maximum Gasteiger partial charge on any atom is 0.279 e. The SMILES string of the molecule is COc1ncccc1-c1nc2c(n1C(C)C)C(c1ccc(Cl)cc1)N(c1cc(OC)c3nnn(C)c3c1)C2=O. The van der Waals surface area contributed by atoms with E-state index in [4.69, 9.17) is 26.1 Å². The minimum atomic E-state index is -0.487. The van der Waals surface area contributed by atoms with E-state index < -0.39 is 6.04 Å². The van der Waals surface area contributed by atoms with Crippen LogP contribution in [0.25, 0.3) is 22.4 Å². The van der Waals surface area contributed by atoms with Crippen LogP contribution in [0.2, 0.25) is 5.02 Å². The molecule has 0 N–H and O–H groups in total. The Balaban J connectivity index is 1.63. The molecule has 0 saturated heterocycles. The first-order valence-corrected chi connectivity index (χ1v) is 12.8. The molecule has 198 valence electrons. The molecule has 5 aromatic rings. The number of benzene rings is 2. The molecular weight excluding hydrogens is 518 g/mol. The molecule has 0 fully saturated rings. The molecule has 1 atom stereocenters. The highest BCUT2D eigenvalue weighted by Crippen LogP contribution is 2.46. The molecule has 4 heterocycles. The van der Waals surface area contributed by atoms with Crippen molar-refractivity contribution in [1.82, 2.24) is 29.5 Å². The maximum atomic E-state index is 14.3. The average molecular weight is 544 g/mol. The Morgan fingerprint density at radius 1 is 1.05 bits per heavy atom. The van der Waals surface area contributed by atoms with Crippen LogP contribution in [0.5, 0.6) is 11.6 Å². The number of hydrogen-bond donors (Lipinski definition) is 0. The van der Waals surface area contributed by atoms with Gasteiger partial charge in [-0.2, -0.15) is 0 Å². The summed E-state index contributed by atoms with van der Waals surface area (Å²) in [4.78, 5) is 25.3. The van der Waals surface area contributed by atoms with Gasteiger partial charge in [0.25, 0.3) is 5.91 Å². The normalized spacial score (nSPS) is 14.9. The topological polar surface area (TPSA) is 100 Å². The van der Waals surface area contributed by atoms with Gasteiger partial charge in [0, 0.05) is 30.4 Å². The van der Waals surface area contributed by atoms with Crippen LogP contribution in [0.3, 0.4) is 0 Å². The number of anilines is 1. The summed E-state index contributed by atoms with van der Waals surface area (Å²) in [5, 5.41) is 8.98. The number of rotatable bonds is 6. The van der Waals surface area contributed by atoms with Gasteiger partial charge in [0.2, 0.25) is 5.88 Å². The van der Waals surface area contributed by atoms with Gasteiger partial charge in [-0.25, -0.2) is 14.6 Å². The molecule has 2 aromatic carbocycles. The monoisotopic (exact) mass is 543 g/mol. The van der Waals surface area contributed by atoms with Gasteiger partial charge in [-0.15, -0.1) is 5.10 Å². The Kier molecular flexibility index (Phi) is 5.99. The van der Waals surface area contributed by atoms with Crippen molar-refractivity contribution in [2.24, 2.45) is 7.05 Å². The number of aromatic nitrogens is 6. The molecule has 0 spiro atoms. The number of carbonyl (C=O) groups is 1. The first kappa shape index (κ1) is 24.9. The lowest BCUT2D eigenvalue weighted by atomic mass is 10.0. The Morgan fingerprint density at radius 3 is 2.51 bits per heavy atom. The number of imidazole rings is 1. The van der Waals surface area contributed by atoms with Gasteiger partial charge < -0.3 is 14.0 Å². The summed E-state index contributed by atoms with van der Waals surface area (Å²) in [6.07, 6.45) is 1.67. The molecule has 39 heavy (non-hydrogen) atoms. The zero-order valence-electron chi connectivity index (χ0n) is 22.1. The molecule has 11 heteroatoms. The van der Waals surface area contributed by atoms with Crippen LogP contribution in [0.15, 0.2) is 54.7 Å². The van der Waals surface area contributed by atoms with Crippen molar-refractivity contribution < 1.29 is 14.3 Å². The molecule has 3 aromatic heterocycles. The molecular formula is C28H26ClN7O3. The number of halogens is 1. The third kappa shape index (κ3) is 3.82. The largest absolute Gasteiger partial charge is 0.494 e. The highest BCUT2D eigenvalue weighted by molar-refractivity contribution is 6.30. The van der Waals surface area contributed by atoms with Crippen molar-refractivity contribution in [3.8, 4) is 23.0 Å². The number of nitrogens with zero attached hydrogens (tertiary/aromatic N) is 7. The van der Waals surface area contributed by atoms with Gasteiger partial charge in [-0.05, 0) is 49.7 Å². The van der Waals surface area contributed by atoms with E-state index in [0.29, 0.717) is 44.9 Å². The molecule has 1 amide bonds. The Morgan fingerprint density at radius 2 is 1.82 bits per heavy atom. The van der Waals surface area contributed by atoms with Crippen LogP contribution in [-0.4, -0.2) is 49.7 Å². The minimum absolute atomic E-state index is 0.0259. The van der Waals surface area contributed by atoms with Crippen LogP contribution < -0.4 is 14.4 Å². The fourth-order valence-corrected chi connectivity index (χ4v) is 5.38. The van der Waals surface area contributed by atoms with Gasteiger partial charge in [-0.3, -0.25) is 9.69 Å². The van der Waals surface area contributed by atoms with E-state index in [1.54, 1.807) is 37.0 Å². The van der Waals surface area contributed by atoms with E-state index in [1.165, 1.54) is 0 Å². The van der Waals surface area contributed by atoms with Crippen molar-refractivity contribution in [3.63, 3.8) is 0 Å². The first-order chi connectivity index (χ1) is 18.8. The van der Waals surface area contributed by atoms with Gasteiger partial charge in [0.1, 0.15) is 11.9 Å². The molecule has 1 aliphatic rings. The number of amides is 1. The zero-order chi connectivity index (χ0) is 27.4. The third-order valence-corrected chi connectivity index (χ3v) is 7.21. The van der Waals surface area contributed by atoms with E-state index in [9.17, 15) is 4.79 Å². The number of aryl methyl sites for hydroxylation is 1. The smallest absolute Gasteiger partial charge is 0.279 e. The summed E-state index contributed by atoms with van der Waals surface area (Å²) in [5.74, 6) is 1.35. The minimum Gasteiger partial charge on any atom is -0.494 e. The number of hydrogen-bond acceptors (Lipinski definition) is 7. The zero-order valence-corrected chi connectivity index (χ0v) is 22.8. The van der Waals surface area contributed by atoms with Crippen LogP contribution in [0.4, 0.5) is 5.69 Å². The summed E-state index contributed by atoms with van der Waals surface area (Å²) < 4.78 is 14.9. The van der Waals surface area contributed by atoms with E-state index >= 15 is 0 Å². The molecule has 0 saturated carbocycles. The van der Waals surface area contributed by atoms with E-state index in [1.807, 2.05) is 48.5 Å². The van der Waals surface area contributed by atoms with Crippen molar-refractivity contribution >= 4 is 34.2 Å².